The van der Waals surface area contributed by atoms with E-state index in [-0.39, 0.29) is 12.5 Å². The summed E-state index contributed by atoms with van der Waals surface area (Å²) < 4.78 is 0. The van der Waals surface area contributed by atoms with Crippen molar-refractivity contribution in [2.75, 3.05) is 6.61 Å². The minimum absolute atomic E-state index is 0.0923. The molecular formula is C53H99NO3. The van der Waals surface area contributed by atoms with E-state index in [0.29, 0.717) is 6.42 Å². The lowest BCUT2D eigenvalue weighted by atomic mass is 10.0. The van der Waals surface area contributed by atoms with Crippen molar-refractivity contribution in [2.45, 2.75) is 276 Å². The Morgan fingerprint density at radius 1 is 0.439 bits per heavy atom. The molecule has 2 atom stereocenters. The molecule has 0 aliphatic heterocycles. The number of carbonyl (C=O) groups is 1. The molecule has 3 N–H and O–H groups in total. The van der Waals surface area contributed by atoms with E-state index in [0.717, 1.165) is 57.8 Å². The maximum atomic E-state index is 12.4. The van der Waals surface area contributed by atoms with Crippen LogP contribution in [0.4, 0.5) is 0 Å². The van der Waals surface area contributed by atoms with Gasteiger partial charge in [0.25, 0.3) is 0 Å². The van der Waals surface area contributed by atoms with Crippen molar-refractivity contribution in [3.8, 4) is 0 Å². The number of amides is 1. The Labute approximate surface area is 356 Å². The Balaban J connectivity index is 3.45. The second kappa shape index (κ2) is 48.7. The third-order valence-corrected chi connectivity index (χ3v) is 11.6. The molecular weight excluding hydrogens is 699 g/mol. The van der Waals surface area contributed by atoms with Crippen LogP contribution in [0.5, 0.6) is 0 Å². The maximum Gasteiger partial charge on any atom is 0.220 e. The molecule has 0 aliphatic rings. The van der Waals surface area contributed by atoms with Crippen molar-refractivity contribution in [3.05, 3.63) is 48.6 Å². The zero-order valence-electron chi connectivity index (χ0n) is 38.4. The topological polar surface area (TPSA) is 69.6 Å². The fourth-order valence-electron chi connectivity index (χ4n) is 7.72. The van der Waals surface area contributed by atoms with Gasteiger partial charge in [0, 0.05) is 6.42 Å². The molecule has 4 heteroatoms. The Morgan fingerprint density at radius 2 is 0.772 bits per heavy atom. The van der Waals surface area contributed by atoms with Gasteiger partial charge in [-0.2, -0.15) is 0 Å². The Kier molecular flexibility index (Phi) is 47.3. The number of nitrogens with one attached hydrogen (secondary N) is 1. The molecule has 0 aromatic carbocycles. The highest BCUT2D eigenvalue weighted by Gasteiger charge is 2.17. The van der Waals surface area contributed by atoms with E-state index in [9.17, 15) is 15.0 Å². The monoisotopic (exact) mass is 798 g/mol. The van der Waals surface area contributed by atoms with Gasteiger partial charge in [-0.3, -0.25) is 4.79 Å². The van der Waals surface area contributed by atoms with Crippen LogP contribution in [0.3, 0.4) is 0 Å². The Hall–Kier alpha value is -1.65. The summed E-state index contributed by atoms with van der Waals surface area (Å²) in [5.74, 6) is -0.0923. The summed E-state index contributed by atoms with van der Waals surface area (Å²) in [5, 5.41) is 23.0. The Bertz CT molecular complexity index is 908. The maximum absolute atomic E-state index is 12.4. The fraction of sp³-hybridized carbons (Fsp3) is 0.830. The molecule has 0 radical (unpaired) electrons. The minimum atomic E-state index is -0.852. The van der Waals surface area contributed by atoms with Crippen molar-refractivity contribution in [1.82, 2.24) is 5.32 Å². The van der Waals surface area contributed by atoms with E-state index in [1.165, 1.54) is 186 Å². The molecule has 0 aromatic heterocycles. The third-order valence-electron chi connectivity index (χ3n) is 11.6. The van der Waals surface area contributed by atoms with Gasteiger partial charge in [-0.1, -0.05) is 255 Å². The van der Waals surface area contributed by atoms with Crippen LogP contribution in [0, 0.1) is 0 Å². The first kappa shape index (κ1) is 55.4. The molecule has 0 heterocycles. The summed E-state index contributed by atoms with van der Waals surface area (Å²) in [6, 6.07) is -0.638. The smallest absolute Gasteiger partial charge is 0.220 e. The first-order valence-electron chi connectivity index (χ1n) is 25.4. The molecule has 334 valence electrons. The summed E-state index contributed by atoms with van der Waals surface area (Å²) in [4.78, 5) is 12.4. The van der Waals surface area contributed by atoms with Crippen molar-refractivity contribution in [3.63, 3.8) is 0 Å². The molecule has 0 saturated heterocycles. The first-order valence-corrected chi connectivity index (χ1v) is 25.4. The normalized spacial score (nSPS) is 13.3. The number of aliphatic hydroxyl groups excluding tert-OH is 2. The number of unbranched alkanes of at least 4 members (excludes halogenated alkanes) is 33. The van der Waals surface area contributed by atoms with Gasteiger partial charge in [-0.15, -0.1) is 0 Å². The highest BCUT2D eigenvalue weighted by atomic mass is 16.3. The minimum Gasteiger partial charge on any atom is -0.394 e. The molecule has 4 nitrogen and oxygen atoms in total. The quantitative estimate of drug-likeness (QED) is 0.0424. The molecule has 0 saturated carbocycles. The zero-order chi connectivity index (χ0) is 41.4. The van der Waals surface area contributed by atoms with E-state index in [2.05, 4.69) is 55.6 Å². The molecule has 0 fully saturated rings. The zero-order valence-corrected chi connectivity index (χ0v) is 38.4. The largest absolute Gasteiger partial charge is 0.394 e. The lowest BCUT2D eigenvalue weighted by Gasteiger charge is -2.19. The molecule has 0 spiro atoms. The number of rotatable bonds is 46. The molecule has 57 heavy (non-hydrogen) atoms. The second-order valence-electron chi connectivity index (χ2n) is 17.2. The Morgan fingerprint density at radius 3 is 1.16 bits per heavy atom. The van der Waals surface area contributed by atoms with E-state index in [4.69, 9.17) is 0 Å². The summed E-state index contributed by atoms with van der Waals surface area (Å²) >= 11 is 0. The summed E-state index contributed by atoms with van der Waals surface area (Å²) in [6.45, 7) is 4.19. The van der Waals surface area contributed by atoms with Gasteiger partial charge in [0.15, 0.2) is 0 Å². The van der Waals surface area contributed by atoms with Crippen molar-refractivity contribution >= 4 is 5.91 Å². The number of hydrogen-bond acceptors (Lipinski definition) is 3. The third kappa shape index (κ3) is 45.3. The van der Waals surface area contributed by atoms with Crippen LogP contribution in [0.1, 0.15) is 264 Å². The second-order valence-corrected chi connectivity index (χ2v) is 17.2. The molecule has 0 aliphatic carbocycles. The van der Waals surface area contributed by atoms with Crippen molar-refractivity contribution in [2.24, 2.45) is 0 Å². The van der Waals surface area contributed by atoms with Crippen LogP contribution in [0.25, 0.3) is 0 Å². The molecule has 2 unspecified atom stereocenters. The molecule has 0 bridgehead atoms. The average molecular weight is 798 g/mol. The predicted molar refractivity (Wildman–Crippen MR) is 253 cm³/mol. The molecule has 1 amide bonds. The fourth-order valence-corrected chi connectivity index (χ4v) is 7.72. The van der Waals surface area contributed by atoms with E-state index in [1.807, 2.05) is 6.08 Å². The SMILES string of the molecule is CC/C=C\C/C=C\C/C=C\CCCCCC(=O)NC(CO)C(O)/C=C/CCCCCCCCCCCCCCCCCCCCCCCCCCCCCCCC. The van der Waals surface area contributed by atoms with Crippen LogP contribution in [0.15, 0.2) is 48.6 Å². The van der Waals surface area contributed by atoms with Gasteiger partial charge in [0.2, 0.25) is 5.91 Å². The summed E-state index contributed by atoms with van der Waals surface area (Å²) in [7, 11) is 0. The number of aliphatic hydroxyl groups is 2. The van der Waals surface area contributed by atoms with Crippen molar-refractivity contribution < 1.29 is 15.0 Å². The molecule has 0 aromatic rings. The average Bonchev–Trinajstić information content (AvgIpc) is 3.22. The van der Waals surface area contributed by atoms with Crippen LogP contribution in [-0.2, 0) is 4.79 Å². The van der Waals surface area contributed by atoms with Gasteiger partial charge in [-0.25, -0.2) is 0 Å². The lowest BCUT2D eigenvalue weighted by molar-refractivity contribution is -0.123. The van der Waals surface area contributed by atoms with Gasteiger partial charge < -0.3 is 15.5 Å². The summed E-state index contributed by atoms with van der Waals surface area (Å²) in [6.07, 6.45) is 67.0. The first-order chi connectivity index (χ1) is 28.2. The predicted octanol–water partition coefficient (Wildman–Crippen LogP) is 16.3. The van der Waals surface area contributed by atoms with Gasteiger partial charge in [0.05, 0.1) is 18.8 Å². The highest BCUT2D eigenvalue weighted by molar-refractivity contribution is 5.76. The number of carbonyl (C=O) groups excluding carboxylic acids is 1. The van der Waals surface area contributed by atoms with Crippen LogP contribution < -0.4 is 5.32 Å². The van der Waals surface area contributed by atoms with Gasteiger partial charge in [0.1, 0.15) is 0 Å². The highest BCUT2D eigenvalue weighted by Crippen LogP contribution is 2.17. The summed E-state index contributed by atoms with van der Waals surface area (Å²) in [5.41, 5.74) is 0. The van der Waals surface area contributed by atoms with Crippen molar-refractivity contribution in [1.29, 1.82) is 0 Å². The molecule has 0 rings (SSSR count). The van der Waals surface area contributed by atoms with Crippen LogP contribution in [0.2, 0.25) is 0 Å². The number of allylic oxidation sites excluding steroid dienone is 7. The van der Waals surface area contributed by atoms with Gasteiger partial charge in [-0.05, 0) is 51.4 Å². The van der Waals surface area contributed by atoms with Gasteiger partial charge >= 0.3 is 0 Å². The number of hydrogen-bond donors (Lipinski definition) is 3. The standard InChI is InChI=1S/C53H99NO3/c1-3-5-7-9-11-13-15-17-18-19-20-21-22-23-24-25-26-27-28-29-30-31-32-33-34-35-37-38-40-42-44-46-48-52(56)51(50-55)54-53(57)49-47-45-43-41-39-36-16-14-12-10-8-6-4-2/h6,8,12,14,36,39,46,48,51-52,55-56H,3-5,7,9-11,13,15-35,37-38,40-45,47,49-50H2,1-2H3,(H,54,57)/b8-6-,14-12-,39-36-,48-46+. The van der Waals surface area contributed by atoms with Crippen LogP contribution >= 0.6 is 0 Å². The van der Waals surface area contributed by atoms with E-state index >= 15 is 0 Å². The lowest BCUT2D eigenvalue weighted by Crippen LogP contribution is -2.45. The van der Waals surface area contributed by atoms with E-state index in [1.54, 1.807) is 6.08 Å². The van der Waals surface area contributed by atoms with Crippen LogP contribution in [-0.4, -0.2) is 34.9 Å². The van der Waals surface area contributed by atoms with E-state index < -0.39 is 12.1 Å².